The van der Waals surface area contributed by atoms with Crippen molar-refractivity contribution in [2.45, 2.75) is 20.4 Å². The van der Waals surface area contributed by atoms with E-state index in [1.807, 2.05) is 18.2 Å². The number of halogens is 1. The summed E-state index contributed by atoms with van der Waals surface area (Å²) in [5.74, 6) is 0. The standard InChI is InChI=1S/C16H15BrN2/c1-11-4-3-5-12(2)14(11)10-19-16-7-6-13(9-18)8-15(16)17/h3-8,19H,10H2,1-2H3. The van der Waals surface area contributed by atoms with Gasteiger partial charge in [0.15, 0.2) is 0 Å². The second-order valence-electron chi connectivity index (χ2n) is 4.53. The maximum absolute atomic E-state index is 8.84. The fraction of sp³-hybridized carbons (Fsp3) is 0.188. The molecule has 0 aliphatic heterocycles. The Morgan fingerprint density at radius 3 is 2.42 bits per heavy atom. The van der Waals surface area contributed by atoms with E-state index in [-0.39, 0.29) is 0 Å². The van der Waals surface area contributed by atoms with Crippen LogP contribution in [0.5, 0.6) is 0 Å². The van der Waals surface area contributed by atoms with Crippen LogP contribution in [0.25, 0.3) is 0 Å². The quantitative estimate of drug-likeness (QED) is 0.902. The molecule has 2 aromatic rings. The van der Waals surface area contributed by atoms with E-state index in [2.05, 4.69) is 59.4 Å². The third kappa shape index (κ3) is 3.15. The van der Waals surface area contributed by atoms with Crippen LogP contribution in [0.3, 0.4) is 0 Å². The van der Waals surface area contributed by atoms with Gasteiger partial charge < -0.3 is 5.32 Å². The van der Waals surface area contributed by atoms with Gasteiger partial charge in [0.05, 0.1) is 11.6 Å². The number of aryl methyl sites for hydroxylation is 2. The molecular formula is C16H15BrN2. The lowest BCUT2D eigenvalue weighted by Gasteiger charge is -2.13. The molecule has 2 rings (SSSR count). The van der Waals surface area contributed by atoms with Crippen LogP contribution in [0, 0.1) is 25.2 Å². The largest absolute Gasteiger partial charge is 0.380 e. The first-order valence-electron chi connectivity index (χ1n) is 6.10. The summed E-state index contributed by atoms with van der Waals surface area (Å²) in [6, 6.07) is 14.0. The van der Waals surface area contributed by atoms with Gasteiger partial charge in [0.2, 0.25) is 0 Å². The lowest BCUT2D eigenvalue weighted by Crippen LogP contribution is -2.04. The Morgan fingerprint density at radius 1 is 1.16 bits per heavy atom. The van der Waals surface area contributed by atoms with Crippen molar-refractivity contribution < 1.29 is 0 Å². The molecule has 3 heteroatoms. The number of anilines is 1. The predicted octanol–water partition coefficient (Wildman–Crippen LogP) is 4.55. The minimum Gasteiger partial charge on any atom is -0.380 e. The lowest BCUT2D eigenvalue weighted by atomic mass is 10.0. The molecule has 0 atom stereocenters. The zero-order valence-electron chi connectivity index (χ0n) is 11.0. The average Bonchev–Trinajstić information content (AvgIpc) is 2.39. The Kier molecular flexibility index (Phi) is 4.24. The van der Waals surface area contributed by atoms with Gasteiger partial charge >= 0.3 is 0 Å². The van der Waals surface area contributed by atoms with Crippen molar-refractivity contribution in [1.29, 1.82) is 5.26 Å². The van der Waals surface area contributed by atoms with E-state index in [4.69, 9.17) is 5.26 Å². The number of nitrogens with zero attached hydrogens (tertiary/aromatic N) is 1. The molecule has 2 nitrogen and oxygen atoms in total. The summed E-state index contributed by atoms with van der Waals surface area (Å²) in [6.45, 7) is 5.03. The molecule has 0 heterocycles. The summed E-state index contributed by atoms with van der Waals surface area (Å²) >= 11 is 3.48. The third-order valence-corrected chi connectivity index (χ3v) is 3.85. The van der Waals surface area contributed by atoms with Crippen molar-refractivity contribution in [2.24, 2.45) is 0 Å². The highest BCUT2D eigenvalue weighted by molar-refractivity contribution is 9.10. The summed E-state index contributed by atoms with van der Waals surface area (Å²) in [6.07, 6.45) is 0. The summed E-state index contributed by atoms with van der Waals surface area (Å²) < 4.78 is 0.915. The molecule has 19 heavy (non-hydrogen) atoms. The van der Waals surface area contributed by atoms with Crippen LogP contribution < -0.4 is 5.32 Å². The van der Waals surface area contributed by atoms with Gasteiger partial charge in [0.25, 0.3) is 0 Å². The summed E-state index contributed by atoms with van der Waals surface area (Å²) in [5, 5.41) is 12.2. The molecular weight excluding hydrogens is 300 g/mol. The highest BCUT2D eigenvalue weighted by atomic mass is 79.9. The molecule has 0 amide bonds. The second-order valence-corrected chi connectivity index (χ2v) is 5.38. The van der Waals surface area contributed by atoms with E-state index in [9.17, 15) is 0 Å². The fourth-order valence-corrected chi connectivity index (χ4v) is 2.56. The minimum absolute atomic E-state index is 0.657. The minimum atomic E-state index is 0.657. The Morgan fingerprint density at radius 2 is 1.84 bits per heavy atom. The molecule has 0 aliphatic carbocycles. The maximum atomic E-state index is 8.84. The van der Waals surface area contributed by atoms with E-state index in [1.54, 1.807) is 0 Å². The Labute approximate surface area is 122 Å². The number of nitriles is 1. The fourth-order valence-electron chi connectivity index (χ4n) is 2.04. The smallest absolute Gasteiger partial charge is 0.0992 e. The van der Waals surface area contributed by atoms with Crippen molar-refractivity contribution >= 4 is 21.6 Å². The first kappa shape index (κ1) is 13.6. The summed E-state index contributed by atoms with van der Waals surface area (Å²) in [5.41, 5.74) is 5.56. The second kappa shape index (κ2) is 5.90. The molecule has 0 radical (unpaired) electrons. The van der Waals surface area contributed by atoms with E-state index < -0.39 is 0 Å². The molecule has 0 aromatic heterocycles. The average molecular weight is 315 g/mol. The maximum Gasteiger partial charge on any atom is 0.0992 e. The molecule has 0 bridgehead atoms. The zero-order valence-corrected chi connectivity index (χ0v) is 12.6. The molecule has 96 valence electrons. The number of hydrogen-bond donors (Lipinski definition) is 1. The summed E-state index contributed by atoms with van der Waals surface area (Å²) in [4.78, 5) is 0. The lowest BCUT2D eigenvalue weighted by molar-refractivity contribution is 1.09. The van der Waals surface area contributed by atoms with Crippen molar-refractivity contribution in [2.75, 3.05) is 5.32 Å². The SMILES string of the molecule is Cc1cccc(C)c1CNc1ccc(C#N)cc1Br. The summed E-state index contributed by atoms with van der Waals surface area (Å²) in [7, 11) is 0. The molecule has 0 unspecified atom stereocenters. The Hall–Kier alpha value is -1.79. The molecule has 0 spiro atoms. The van der Waals surface area contributed by atoms with Crippen LogP contribution in [0.2, 0.25) is 0 Å². The normalized spacial score (nSPS) is 10.0. The topological polar surface area (TPSA) is 35.8 Å². The van der Waals surface area contributed by atoms with Crippen molar-refractivity contribution in [1.82, 2.24) is 0 Å². The van der Waals surface area contributed by atoms with Crippen LogP contribution in [-0.4, -0.2) is 0 Å². The highest BCUT2D eigenvalue weighted by Gasteiger charge is 2.04. The van der Waals surface area contributed by atoms with Gasteiger partial charge in [-0.3, -0.25) is 0 Å². The van der Waals surface area contributed by atoms with Crippen LogP contribution in [0.1, 0.15) is 22.3 Å². The molecule has 1 N–H and O–H groups in total. The number of nitrogens with one attached hydrogen (secondary N) is 1. The van der Waals surface area contributed by atoms with Gasteiger partial charge in [-0.2, -0.15) is 5.26 Å². The monoisotopic (exact) mass is 314 g/mol. The van der Waals surface area contributed by atoms with Gasteiger partial charge in [0, 0.05) is 16.7 Å². The van der Waals surface area contributed by atoms with Crippen molar-refractivity contribution in [3.63, 3.8) is 0 Å². The Bertz CT molecular complexity index is 621. The van der Waals surface area contributed by atoms with E-state index in [0.29, 0.717) is 5.56 Å². The number of hydrogen-bond acceptors (Lipinski definition) is 2. The van der Waals surface area contributed by atoms with E-state index >= 15 is 0 Å². The van der Waals surface area contributed by atoms with Crippen LogP contribution in [0.15, 0.2) is 40.9 Å². The van der Waals surface area contributed by atoms with Gasteiger partial charge in [0.1, 0.15) is 0 Å². The molecule has 0 saturated carbocycles. The van der Waals surface area contributed by atoms with E-state index in [1.165, 1.54) is 16.7 Å². The predicted molar refractivity (Wildman–Crippen MR) is 82.1 cm³/mol. The van der Waals surface area contributed by atoms with Crippen molar-refractivity contribution in [3.8, 4) is 6.07 Å². The molecule has 2 aromatic carbocycles. The number of rotatable bonds is 3. The van der Waals surface area contributed by atoms with E-state index in [0.717, 1.165) is 16.7 Å². The number of benzene rings is 2. The Balaban J connectivity index is 2.17. The van der Waals surface area contributed by atoms with Crippen LogP contribution in [0.4, 0.5) is 5.69 Å². The first-order valence-corrected chi connectivity index (χ1v) is 6.89. The molecule has 0 aliphatic rings. The molecule has 0 saturated heterocycles. The highest BCUT2D eigenvalue weighted by Crippen LogP contribution is 2.24. The molecule has 0 fully saturated rings. The zero-order chi connectivity index (χ0) is 13.8. The first-order chi connectivity index (χ1) is 9.11. The van der Waals surface area contributed by atoms with Gasteiger partial charge in [-0.05, 0) is 64.7 Å². The van der Waals surface area contributed by atoms with Gasteiger partial charge in [-0.1, -0.05) is 18.2 Å². The van der Waals surface area contributed by atoms with Crippen molar-refractivity contribution in [3.05, 3.63) is 63.1 Å². The third-order valence-electron chi connectivity index (χ3n) is 3.20. The van der Waals surface area contributed by atoms with Gasteiger partial charge in [-0.25, -0.2) is 0 Å². The van der Waals surface area contributed by atoms with Crippen LogP contribution in [-0.2, 0) is 6.54 Å². The van der Waals surface area contributed by atoms with Gasteiger partial charge in [-0.15, -0.1) is 0 Å². The van der Waals surface area contributed by atoms with Crippen LogP contribution >= 0.6 is 15.9 Å².